The summed E-state index contributed by atoms with van der Waals surface area (Å²) in [5.41, 5.74) is 0.713. The van der Waals surface area contributed by atoms with Crippen LogP contribution in [0.25, 0.3) is 0 Å². The van der Waals surface area contributed by atoms with Crippen LogP contribution in [0.4, 0.5) is 0 Å². The molecule has 0 aromatic heterocycles. The highest BCUT2D eigenvalue weighted by molar-refractivity contribution is 6.45. The molecule has 0 unspecified atom stereocenters. The van der Waals surface area contributed by atoms with Crippen LogP contribution in [-0.4, -0.2) is 31.7 Å². The van der Waals surface area contributed by atoms with Gasteiger partial charge in [-0.15, -0.1) is 0 Å². The van der Waals surface area contributed by atoms with E-state index < -0.39 is 5.97 Å². The van der Waals surface area contributed by atoms with Gasteiger partial charge in [-0.1, -0.05) is 41.6 Å². The van der Waals surface area contributed by atoms with Crippen LogP contribution in [0.5, 0.6) is 11.5 Å². The zero-order valence-electron chi connectivity index (χ0n) is 13.6. The minimum atomic E-state index is -0.779. The van der Waals surface area contributed by atoms with Crippen LogP contribution in [-0.2, 0) is 9.63 Å². The van der Waals surface area contributed by atoms with Crippen LogP contribution in [0.15, 0.2) is 53.7 Å². The van der Waals surface area contributed by atoms with Crippen LogP contribution in [0.3, 0.4) is 0 Å². The van der Waals surface area contributed by atoms with E-state index >= 15 is 0 Å². The van der Waals surface area contributed by atoms with Crippen molar-refractivity contribution in [1.82, 2.24) is 0 Å². The standard InChI is InChI=1S/C18H17NO5/c1-12(20)17(13-8-5-4-6-9-13)19-24-18(21)16-14(22-2)10-7-11-15(16)23-3/h4-11H,1-3H3/b19-17+. The maximum absolute atomic E-state index is 12.4. The number of oxime groups is 1. The van der Waals surface area contributed by atoms with E-state index in [1.165, 1.54) is 21.1 Å². The van der Waals surface area contributed by atoms with Crippen molar-refractivity contribution in [2.24, 2.45) is 5.16 Å². The molecular weight excluding hydrogens is 310 g/mol. The number of carbonyl (C=O) groups is 2. The lowest BCUT2D eigenvalue weighted by Crippen LogP contribution is -2.14. The summed E-state index contributed by atoms with van der Waals surface area (Å²) in [5.74, 6) is -0.516. The summed E-state index contributed by atoms with van der Waals surface area (Å²) in [4.78, 5) is 29.1. The molecule has 0 heterocycles. The Balaban J connectivity index is 2.34. The first kappa shape index (κ1) is 17.2. The van der Waals surface area contributed by atoms with E-state index in [1.807, 2.05) is 6.07 Å². The van der Waals surface area contributed by atoms with Crippen LogP contribution >= 0.6 is 0 Å². The van der Waals surface area contributed by atoms with E-state index in [0.717, 1.165) is 0 Å². The van der Waals surface area contributed by atoms with Gasteiger partial charge in [0.15, 0.2) is 11.5 Å². The van der Waals surface area contributed by atoms with E-state index in [4.69, 9.17) is 14.3 Å². The van der Waals surface area contributed by atoms with Crippen molar-refractivity contribution in [1.29, 1.82) is 0 Å². The van der Waals surface area contributed by atoms with Crippen LogP contribution in [0, 0.1) is 0 Å². The average Bonchev–Trinajstić information content (AvgIpc) is 2.61. The summed E-state index contributed by atoms with van der Waals surface area (Å²) in [6.45, 7) is 1.35. The fraction of sp³-hybridized carbons (Fsp3) is 0.167. The molecule has 0 aliphatic heterocycles. The maximum Gasteiger partial charge on any atom is 0.373 e. The van der Waals surface area contributed by atoms with Crippen molar-refractivity contribution in [3.8, 4) is 11.5 Å². The molecule has 6 heteroatoms. The molecule has 0 spiro atoms. The molecule has 0 fully saturated rings. The molecule has 124 valence electrons. The number of ether oxygens (including phenoxy) is 2. The van der Waals surface area contributed by atoms with Crippen molar-refractivity contribution >= 4 is 17.5 Å². The number of methoxy groups -OCH3 is 2. The van der Waals surface area contributed by atoms with Gasteiger partial charge in [-0.25, -0.2) is 4.79 Å². The normalized spacial score (nSPS) is 10.9. The molecule has 0 atom stereocenters. The molecule has 2 aromatic rings. The molecule has 0 radical (unpaired) electrons. The number of rotatable bonds is 6. The van der Waals surface area contributed by atoms with Gasteiger partial charge < -0.3 is 14.3 Å². The highest BCUT2D eigenvalue weighted by atomic mass is 16.7. The van der Waals surface area contributed by atoms with Crippen molar-refractivity contribution in [2.75, 3.05) is 14.2 Å². The Labute approximate surface area is 139 Å². The molecule has 0 N–H and O–H groups in total. The summed E-state index contributed by atoms with van der Waals surface area (Å²) in [5, 5.41) is 3.73. The predicted octanol–water partition coefficient (Wildman–Crippen LogP) is 2.85. The van der Waals surface area contributed by atoms with E-state index in [9.17, 15) is 9.59 Å². The second-order valence-electron chi connectivity index (χ2n) is 4.78. The quantitative estimate of drug-likeness (QED) is 0.463. The molecule has 0 aliphatic rings. The van der Waals surface area contributed by atoms with E-state index in [0.29, 0.717) is 17.1 Å². The lowest BCUT2D eigenvalue weighted by molar-refractivity contribution is -0.111. The Bertz CT molecular complexity index is 746. The highest BCUT2D eigenvalue weighted by Crippen LogP contribution is 2.29. The third kappa shape index (κ3) is 3.78. The number of nitrogens with zero attached hydrogens (tertiary/aromatic N) is 1. The first-order chi connectivity index (χ1) is 11.6. The molecule has 0 amide bonds. The van der Waals surface area contributed by atoms with Crippen molar-refractivity contribution < 1.29 is 23.9 Å². The van der Waals surface area contributed by atoms with Gasteiger partial charge in [0.05, 0.1) is 14.2 Å². The lowest BCUT2D eigenvalue weighted by Gasteiger charge is -2.10. The molecule has 0 aliphatic carbocycles. The van der Waals surface area contributed by atoms with Gasteiger partial charge >= 0.3 is 5.97 Å². The average molecular weight is 327 g/mol. The molecule has 6 nitrogen and oxygen atoms in total. The Morgan fingerprint density at radius 1 is 0.875 bits per heavy atom. The lowest BCUT2D eigenvalue weighted by atomic mass is 10.1. The third-order valence-corrected chi connectivity index (χ3v) is 3.23. The molecule has 2 rings (SSSR count). The number of benzene rings is 2. The number of hydrogen-bond donors (Lipinski definition) is 0. The van der Waals surface area contributed by atoms with E-state index in [2.05, 4.69) is 5.16 Å². The molecular formula is C18H17NO5. The van der Waals surface area contributed by atoms with Gasteiger partial charge in [-0.2, -0.15) is 0 Å². The Morgan fingerprint density at radius 3 is 1.96 bits per heavy atom. The zero-order valence-corrected chi connectivity index (χ0v) is 13.6. The maximum atomic E-state index is 12.4. The van der Waals surface area contributed by atoms with Crippen LogP contribution in [0.1, 0.15) is 22.8 Å². The van der Waals surface area contributed by atoms with E-state index in [1.54, 1.807) is 42.5 Å². The fourth-order valence-electron chi connectivity index (χ4n) is 2.10. The fourth-order valence-corrected chi connectivity index (χ4v) is 2.10. The molecule has 2 aromatic carbocycles. The zero-order chi connectivity index (χ0) is 17.5. The van der Waals surface area contributed by atoms with Gasteiger partial charge in [0.2, 0.25) is 0 Å². The molecule has 24 heavy (non-hydrogen) atoms. The topological polar surface area (TPSA) is 74.2 Å². The summed E-state index contributed by atoms with van der Waals surface area (Å²) in [7, 11) is 2.86. The van der Waals surface area contributed by atoms with Gasteiger partial charge in [-0.3, -0.25) is 4.79 Å². The summed E-state index contributed by atoms with van der Waals surface area (Å²) < 4.78 is 10.3. The van der Waals surface area contributed by atoms with Gasteiger partial charge in [-0.05, 0) is 12.1 Å². The largest absolute Gasteiger partial charge is 0.496 e. The van der Waals surface area contributed by atoms with Crippen molar-refractivity contribution in [3.63, 3.8) is 0 Å². The van der Waals surface area contributed by atoms with Gasteiger partial charge in [0.1, 0.15) is 17.1 Å². The number of hydrogen-bond acceptors (Lipinski definition) is 6. The predicted molar refractivity (Wildman–Crippen MR) is 88.6 cm³/mol. The Kier molecular flexibility index (Phi) is 5.68. The Hall–Kier alpha value is -3.15. The van der Waals surface area contributed by atoms with Gasteiger partial charge in [0, 0.05) is 12.5 Å². The van der Waals surface area contributed by atoms with Crippen LogP contribution < -0.4 is 9.47 Å². The SMILES string of the molecule is COc1cccc(OC)c1C(=O)O/N=C(\C(C)=O)c1ccccc1. The summed E-state index contributed by atoms with van der Waals surface area (Å²) in [6, 6.07) is 13.6. The minimum absolute atomic E-state index is 0.0535. The van der Waals surface area contributed by atoms with Crippen LogP contribution in [0.2, 0.25) is 0 Å². The minimum Gasteiger partial charge on any atom is -0.496 e. The third-order valence-electron chi connectivity index (χ3n) is 3.23. The Morgan fingerprint density at radius 2 is 1.46 bits per heavy atom. The van der Waals surface area contributed by atoms with E-state index in [-0.39, 0.29) is 17.1 Å². The molecule has 0 bridgehead atoms. The molecule has 0 saturated carbocycles. The first-order valence-corrected chi connectivity index (χ1v) is 7.15. The number of carbonyl (C=O) groups excluding carboxylic acids is 2. The second-order valence-corrected chi connectivity index (χ2v) is 4.78. The second kappa shape index (κ2) is 7.92. The smallest absolute Gasteiger partial charge is 0.373 e. The molecule has 0 saturated heterocycles. The highest BCUT2D eigenvalue weighted by Gasteiger charge is 2.21. The monoisotopic (exact) mass is 327 g/mol. The van der Waals surface area contributed by atoms with Crippen molar-refractivity contribution in [3.05, 3.63) is 59.7 Å². The van der Waals surface area contributed by atoms with Crippen molar-refractivity contribution in [2.45, 2.75) is 6.92 Å². The first-order valence-electron chi connectivity index (χ1n) is 7.15. The number of ketones is 1. The van der Waals surface area contributed by atoms with Gasteiger partial charge in [0.25, 0.3) is 0 Å². The number of Topliss-reactive ketones (excluding diaryl/α,β-unsaturated/α-hetero) is 1. The summed E-state index contributed by atoms with van der Waals surface area (Å²) in [6.07, 6.45) is 0. The summed E-state index contributed by atoms with van der Waals surface area (Å²) >= 11 is 0.